The van der Waals surface area contributed by atoms with Crippen molar-refractivity contribution in [3.8, 4) is 0 Å². The third kappa shape index (κ3) is 8.02. The Bertz CT molecular complexity index is 73.7. The van der Waals surface area contributed by atoms with E-state index in [0.29, 0.717) is 6.42 Å². The number of unbranched alkanes of at least 4 members (excludes halogenated alkanes) is 4. The zero-order chi connectivity index (χ0) is 7.66. The molecule has 0 atom stereocenters. The summed E-state index contributed by atoms with van der Waals surface area (Å²) in [7, 11) is 0. The van der Waals surface area contributed by atoms with E-state index in [9.17, 15) is 4.79 Å². The van der Waals surface area contributed by atoms with Gasteiger partial charge in [-0.1, -0.05) is 12.8 Å². The molecule has 0 saturated heterocycles. The van der Waals surface area contributed by atoms with Crippen LogP contribution in [-0.2, 0) is 4.79 Å². The molecule has 1 radical (unpaired) electrons. The second kappa shape index (κ2) is 9.02. The van der Waals surface area contributed by atoms with Crippen molar-refractivity contribution in [3.05, 3.63) is 0 Å². The van der Waals surface area contributed by atoms with Crippen LogP contribution >= 0.6 is 11.8 Å². The van der Waals surface area contributed by atoms with Gasteiger partial charge >= 0.3 is 0 Å². The Morgan fingerprint density at radius 3 is 2.50 bits per heavy atom. The first-order chi connectivity index (χ1) is 4.91. The summed E-state index contributed by atoms with van der Waals surface area (Å²) >= 11 is 1.89. The third-order valence-electron chi connectivity index (χ3n) is 1.38. The molecule has 0 aliphatic carbocycles. The van der Waals surface area contributed by atoms with Crippen molar-refractivity contribution in [2.75, 3.05) is 12.0 Å². The van der Waals surface area contributed by atoms with Crippen LogP contribution in [0.1, 0.15) is 32.1 Å². The Hall–Kier alpha value is 0.0200. The summed E-state index contributed by atoms with van der Waals surface area (Å²) in [5, 5.41) is 0. The number of hydrogen-bond donors (Lipinski definition) is 0. The first-order valence-electron chi connectivity index (χ1n) is 3.75. The molecule has 0 amide bonds. The van der Waals surface area contributed by atoms with E-state index >= 15 is 0 Å². The summed E-state index contributed by atoms with van der Waals surface area (Å²) in [6, 6.07) is 0. The van der Waals surface area contributed by atoms with Crippen LogP contribution in [0.2, 0.25) is 0 Å². The molecule has 1 nitrogen and oxygen atoms in total. The van der Waals surface area contributed by atoms with Crippen LogP contribution in [0.15, 0.2) is 0 Å². The lowest BCUT2D eigenvalue weighted by Crippen LogP contribution is -1.81. The first kappa shape index (κ1) is 10.0. The quantitative estimate of drug-likeness (QED) is 0.531. The van der Waals surface area contributed by atoms with Crippen molar-refractivity contribution < 1.29 is 4.79 Å². The fourth-order valence-electron chi connectivity index (χ4n) is 0.797. The van der Waals surface area contributed by atoms with Crippen LogP contribution in [0.25, 0.3) is 0 Å². The minimum atomic E-state index is 0.624. The normalized spacial score (nSPS) is 9.70. The number of rotatable bonds is 7. The molecule has 0 aromatic carbocycles. The highest BCUT2D eigenvalue weighted by atomic mass is 32.2. The summed E-state index contributed by atoms with van der Waals surface area (Å²) in [6.45, 7) is 0. The molecule has 0 rings (SSSR count). The molecule has 0 aliphatic heterocycles. The van der Waals surface area contributed by atoms with E-state index in [2.05, 4.69) is 6.26 Å². The molecule has 0 aliphatic rings. The molecule has 0 spiro atoms. The molecule has 2 heteroatoms. The monoisotopic (exact) mass is 159 g/mol. The van der Waals surface area contributed by atoms with Gasteiger partial charge in [-0.2, -0.15) is 11.8 Å². The van der Waals surface area contributed by atoms with Gasteiger partial charge in [0.1, 0.15) is 0 Å². The van der Waals surface area contributed by atoms with E-state index in [1.165, 1.54) is 25.0 Å². The molecule has 10 heavy (non-hydrogen) atoms. The SMILES string of the molecule is CSCCCCCC[C]=O. The standard InChI is InChI=1S/C8H15OS/c1-10-8-6-4-2-3-5-7-9/h2-6,8H2,1H3. The lowest BCUT2D eigenvalue weighted by Gasteiger charge is -1.95. The molecule has 59 valence electrons. The Morgan fingerprint density at radius 1 is 1.20 bits per heavy atom. The van der Waals surface area contributed by atoms with Gasteiger partial charge in [-0.05, 0) is 24.9 Å². The first-order valence-corrected chi connectivity index (χ1v) is 5.15. The maximum atomic E-state index is 9.76. The molecule has 0 saturated carbocycles. The number of hydrogen-bond acceptors (Lipinski definition) is 2. The molecule has 0 N–H and O–H groups in total. The molecular weight excluding hydrogens is 144 g/mol. The van der Waals surface area contributed by atoms with Crippen molar-refractivity contribution in [1.29, 1.82) is 0 Å². The lowest BCUT2D eigenvalue weighted by molar-refractivity contribution is 0.545. The highest BCUT2D eigenvalue weighted by molar-refractivity contribution is 7.98. The van der Waals surface area contributed by atoms with Gasteiger partial charge in [0.25, 0.3) is 0 Å². The van der Waals surface area contributed by atoms with Gasteiger partial charge in [-0.15, -0.1) is 0 Å². The van der Waals surface area contributed by atoms with Crippen LogP contribution < -0.4 is 0 Å². The van der Waals surface area contributed by atoms with Crippen LogP contribution in [0, 0.1) is 0 Å². The second-order valence-corrected chi connectivity index (χ2v) is 3.29. The number of thioether (sulfide) groups is 1. The van der Waals surface area contributed by atoms with E-state index in [0.717, 1.165) is 6.42 Å². The molecule has 0 heterocycles. The maximum absolute atomic E-state index is 9.76. The minimum Gasteiger partial charge on any atom is -0.291 e. The van der Waals surface area contributed by atoms with E-state index in [4.69, 9.17) is 0 Å². The van der Waals surface area contributed by atoms with E-state index in [-0.39, 0.29) is 0 Å². The van der Waals surface area contributed by atoms with Gasteiger partial charge < -0.3 is 0 Å². The number of carbonyl (C=O) groups excluding carboxylic acids is 1. The third-order valence-corrected chi connectivity index (χ3v) is 2.07. The van der Waals surface area contributed by atoms with Crippen molar-refractivity contribution in [2.24, 2.45) is 0 Å². The molecule has 0 aromatic heterocycles. The van der Waals surface area contributed by atoms with Crippen LogP contribution in [-0.4, -0.2) is 18.3 Å². The molecule has 0 unspecified atom stereocenters. The lowest BCUT2D eigenvalue weighted by atomic mass is 10.2. The van der Waals surface area contributed by atoms with E-state index < -0.39 is 0 Å². The van der Waals surface area contributed by atoms with Crippen molar-refractivity contribution in [2.45, 2.75) is 32.1 Å². The highest BCUT2D eigenvalue weighted by Crippen LogP contribution is 2.05. The highest BCUT2D eigenvalue weighted by Gasteiger charge is 1.88. The van der Waals surface area contributed by atoms with Gasteiger partial charge in [0.05, 0.1) is 0 Å². The predicted octanol–water partition coefficient (Wildman–Crippen LogP) is 2.41. The Morgan fingerprint density at radius 2 is 1.90 bits per heavy atom. The molecule has 0 aromatic rings. The second-order valence-electron chi connectivity index (χ2n) is 2.30. The predicted molar refractivity (Wildman–Crippen MR) is 47.2 cm³/mol. The van der Waals surface area contributed by atoms with Crippen molar-refractivity contribution >= 4 is 18.0 Å². The van der Waals surface area contributed by atoms with Crippen LogP contribution in [0.5, 0.6) is 0 Å². The van der Waals surface area contributed by atoms with E-state index in [1.807, 2.05) is 18.0 Å². The van der Waals surface area contributed by atoms with Gasteiger partial charge in [-0.25, -0.2) is 0 Å². The summed E-state index contributed by atoms with van der Waals surface area (Å²) in [6.07, 6.45) is 9.43. The maximum Gasteiger partial charge on any atom is 0.198 e. The molecule has 0 fully saturated rings. The average Bonchev–Trinajstić information content (AvgIpc) is 1.97. The largest absolute Gasteiger partial charge is 0.291 e. The topological polar surface area (TPSA) is 17.1 Å². The summed E-state index contributed by atoms with van der Waals surface area (Å²) in [5.74, 6) is 1.25. The minimum absolute atomic E-state index is 0.624. The smallest absolute Gasteiger partial charge is 0.198 e. The summed E-state index contributed by atoms with van der Waals surface area (Å²) in [5.41, 5.74) is 0. The van der Waals surface area contributed by atoms with Crippen LogP contribution in [0.4, 0.5) is 0 Å². The zero-order valence-electron chi connectivity index (χ0n) is 6.56. The van der Waals surface area contributed by atoms with E-state index in [1.54, 1.807) is 0 Å². The Labute approximate surface area is 67.6 Å². The fraction of sp³-hybridized carbons (Fsp3) is 0.875. The van der Waals surface area contributed by atoms with Gasteiger partial charge in [0.15, 0.2) is 6.29 Å². The fourth-order valence-corrected chi connectivity index (χ4v) is 1.29. The van der Waals surface area contributed by atoms with Gasteiger partial charge in [-0.3, -0.25) is 4.79 Å². The van der Waals surface area contributed by atoms with Gasteiger partial charge in [0.2, 0.25) is 0 Å². The van der Waals surface area contributed by atoms with Crippen molar-refractivity contribution in [1.82, 2.24) is 0 Å². The average molecular weight is 159 g/mol. The van der Waals surface area contributed by atoms with Crippen LogP contribution in [0.3, 0.4) is 0 Å². The van der Waals surface area contributed by atoms with Crippen molar-refractivity contribution in [3.63, 3.8) is 0 Å². The molecular formula is C8H15OS. The Kier molecular flexibility index (Phi) is 9.04. The molecule has 0 bridgehead atoms. The Balaban J connectivity index is 2.70. The summed E-state index contributed by atoms with van der Waals surface area (Å²) in [4.78, 5) is 9.76. The van der Waals surface area contributed by atoms with Gasteiger partial charge in [0, 0.05) is 6.42 Å². The summed E-state index contributed by atoms with van der Waals surface area (Å²) < 4.78 is 0. The zero-order valence-corrected chi connectivity index (χ0v) is 7.38.